The minimum Gasteiger partial charge on any atom is -0.507 e. The van der Waals surface area contributed by atoms with Crippen LogP contribution in [0.4, 0.5) is 10.1 Å². The number of carbonyl (C=O) groups excluding carboxylic acids is 1. The molecule has 4 aromatic carbocycles. The van der Waals surface area contributed by atoms with Gasteiger partial charge in [-0.2, -0.15) is 5.10 Å². The zero-order valence-corrected chi connectivity index (χ0v) is 19.5. The standard InChI is InChI=1S/C26H22FN3O4S/c1-18-6-13-22(14-7-18)35(33,34)30(21-11-9-20(27)10-12-21)17-26(32)29-28-16-24-23-5-3-2-4-19(23)8-15-25(24)31/h2-16,31H,17H2,1H3,(H,29,32)/b28-16-. The van der Waals surface area contributed by atoms with E-state index in [4.69, 9.17) is 0 Å². The van der Waals surface area contributed by atoms with Gasteiger partial charge < -0.3 is 5.11 Å². The van der Waals surface area contributed by atoms with E-state index in [9.17, 15) is 22.7 Å². The molecule has 0 aliphatic carbocycles. The SMILES string of the molecule is Cc1ccc(S(=O)(=O)N(CC(=O)N/N=C\c2c(O)ccc3ccccc23)c2ccc(F)cc2)cc1. The Kier molecular flexibility index (Phi) is 6.79. The van der Waals surface area contributed by atoms with Crippen molar-refractivity contribution in [2.45, 2.75) is 11.8 Å². The summed E-state index contributed by atoms with van der Waals surface area (Å²) in [4.78, 5) is 12.7. The highest BCUT2D eigenvalue weighted by molar-refractivity contribution is 7.92. The molecular formula is C26H22FN3O4S. The quantitative estimate of drug-likeness (QED) is 0.297. The van der Waals surface area contributed by atoms with Crippen molar-refractivity contribution < 1.29 is 22.7 Å². The molecule has 4 aromatic rings. The summed E-state index contributed by atoms with van der Waals surface area (Å²) in [5.41, 5.74) is 3.71. The number of hydrogen-bond donors (Lipinski definition) is 2. The molecule has 0 radical (unpaired) electrons. The van der Waals surface area contributed by atoms with Crippen molar-refractivity contribution in [3.05, 3.63) is 102 Å². The fourth-order valence-corrected chi connectivity index (χ4v) is 4.94. The van der Waals surface area contributed by atoms with Crippen LogP contribution in [0.1, 0.15) is 11.1 Å². The van der Waals surface area contributed by atoms with E-state index >= 15 is 0 Å². The van der Waals surface area contributed by atoms with Crippen LogP contribution in [0.5, 0.6) is 5.75 Å². The van der Waals surface area contributed by atoms with Crippen molar-refractivity contribution in [3.63, 3.8) is 0 Å². The molecule has 0 saturated carbocycles. The van der Waals surface area contributed by atoms with Crippen LogP contribution in [0.2, 0.25) is 0 Å². The molecule has 0 unspecified atom stereocenters. The maximum absolute atomic E-state index is 13.5. The fourth-order valence-electron chi connectivity index (χ4n) is 3.51. The molecule has 35 heavy (non-hydrogen) atoms. The highest BCUT2D eigenvalue weighted by Gasteiger charge is 2.27. The molecule has 0 saturated heterocycles. The minimum absolute atomic E-state index is 0.00981. The summed E-state index contributed by atoms with van der Waals surface area (Å²) >= 11 is 0. The van der Waals surface area contributed by atoms with Gasteiger partial charge in [0, 0.05) is 5.56 Å². The molecule has 178 valence electrons. The normalized spacial score (nSPS) is 11.6. The second-order valence-electron chi connectivity index (χ2n) is 7.81. The third kappa shape index (κ3) is 5.30. The molecule has 1 amide bonds. The number of aromatic hydroxyl groups is 1. The molecule has 4 rings (SSSR count). The van der Waals surface area contributed by atoms with Crippen molar-refractivity contribution in [3.8, 4) is 5.75 Å². The van der Waals surface area contributed by atoms with Gasteiger partial charge in [0.25, 0.3) is 15.9 Å². The van der Waals surface area contributed by atoms with Gasteiger partial charge in [0.1, 0.15) is 18.1 Å². The number of sulfonamides is 1. The van der Waals surface area contributed by atoms with Crippen LogP contribution >= 0.6 is 0 Å². The second kappa shape index (κ2) is 9.94. The van der Waals surface area contributed by atoms with E-state index in [0.29, 0.717) is 5.56 Å². The third-order valence-electron chi connectivity index (χ3n) is 5.34. The molecule has 0 bridgehead atoms. The van der Waals surface area contributed by atoms with Gasteiger partial charge in [0.2, 0.25) is 0 Å². The van der Waals surface area contributed by atoms with E-state index in [-0.39, 0.29) is 16.3 Å². The highest BCUT2D eigenvalue weighted by Crippen LogP contribution is 2.26. The number of hydrazone groups is 1. The van der Waals surface area contributed by atoms with E-state index in [1.54, 1.807) is 18.2 Å². The fraction of sp³-hybridized carbons (Fsp3) is 0.0769. The lowest BCUT2D eigenvalue weighted by Crippen LogP contribution is -2.39. The summed E-state index contributed by atoms with van der Waals surface area (Å²) in [6.07, 6.45) is 1.30. The van der Waals surface area contributed by atoms with E-state index in [1.807, 2.05) is 31.2 Å². The van der Waals surface area contributed by atoms with Crippen LogP contribution in [0, 0.1) is 12.7 Å². The number of phenolic OH excluding ortho intramolecular Hbond substituents is 1. The van der Waals surface area contributed by atoms with Crippen LogP contribution < -0.4 is 9.73 Å². The zero-order chi connectivity index (χ0) is 25.0. The summed E-state index contributed by atoms with van der Waals surface area (Å²) in [6.45, 7) is 1.23. The average molecular weight is 492 g/mol. The van der Waals surface area contributed by atoms with Crippen LogP contribution in [0.3, 0.4) is 0 Å². The largest absolute Gasteiger partial charge is 0.507 e. The average Bonchev–Trinajstić information content (AvgIpc) is 2.85. The van der Waals surface area contributed by atoms with Crippen molar-refractivity contribution in [1.29, 1.82) is 0 Å². The number of fused-ring (bicyclic) bond motifs is 1. The first kappa shape index (κ1) is 23.9. The third-order valence-corrected chi connectivity index (χ3v) is 7.13. The van der Waals surface area contributed by atoms with Gasteiger partial charge in [-0.1, -0.05) is 48.0 Å². The van der Waals surface area contributed by atoms with Gasteiger partial charge in [-0.25, -0.2) is 18.2 Å². The Morgan fingerprint density at radius 2 is 1.69 bits per heavy atom. The molecule has 7 nitrogen and oxygen atoms in total. The number of rotatable bonds is 7. The molecule has 2 N–H and O–H groups in total. The number of halogens is 1. The predicted octanol–water partition coefficient (Wildman–Crippen LogP) is 4.34. The van der Waals surface area contributed by atoms with Gasteiger partial charge in [0.15, 0.2) is 0 Å². The Hall–Kier alpha value is -4.24. The lowest BCUT2D eigenvalue weighted by Gasteiger charge is -2.23. The maximum Gasteiger partial charge on any atom is 0.264 e. The summed E-state index contributed by atoms with van der Waals surface area (Å²) < 4.78 is 41.0. The highest BCUT2D eigenvalue weighted by atomic mass is 32.2. The van der Waals surface area contributed by atoms with Crippen LogP contribution in [0.25, 0.3) is 10.8 Å². The number of amides is 1. The summed E-state index contributed by atoms with van der Waals surface area (Å²) in [7, 11) is -4.13. The molecule has 0 spiro atoms. The molecule has 0 aliphatic rings. The lowest BCUT2D eigenvalue weighted by molar-refractivity contribution is -0.119. The number of aryl methyl sites for hydroxylation is 1. The van der Waals surface area contributed by atoms with E-state index in [1.165, 1.54) is 36.5 Å². The predicted molar refractivity (Wildman–Crippen MR) is 133 cm³/mol. The van der Waals surface area contributed by atoms with Crippen molar-refractivity contribution in [2.75, 3.05) is 10.8 Å². The first-order valence-electron chi connectivity index (χ1n) is 10.6. The molecule has 0 aliphatic heterocycles. The van der Waals surface area contributed by atoms with Gasteiger partial charge in [-0.3, -0.25) is 9.10 Å². The molecule has 9 heteroatoms. The lowest BCUT2D eigenvalue weighted by atomic mass is 10.0. The minimum atomic E-state index is -4.13. The monoisotopic (exact) mass is 491 g/mol. The smallest absolute Gasteiger partial charge is 0.264 e. The topological polar surface area (TPSA) is 99.1 Å². The molecular weight excluding hydrogens is 469 g/mol. The van der Waals surface area contributed by atoms with Crippen molar-refractivity contribution in [1.82, 2.24) is 5.43 Å². The van der Waals surface area contributed by atoms with Crippen molar-refractivity contribution >= 4 is 38.6 Å². The first-order valence-corrected chi connectivity index (χ1v) is 12.1. The van der Waals surface area contributed by atoms with E-state index in [2.05, 4.69) is 10.5 Å². The molecule has 0 heterocycles. The number of phenols is 1. The van der Waals surface area contributed by atoms with Crippen LogP contribution in [-0.4, -0.2) is 32.2 Å². The summed E-state index contributed by atoms with van der Waals surface area (Å²) in [6, 6.07) is 21.6. The Balaban J connectivity index is 1.59. The second-order valence-corrected chi connectivity index (χ2v) is 9.68. The Morgan fingerprint density at radius 3 is 2.40 bits per heavy atom. The Labute approximate surface area is 202 Å². The maximum atomic E-state index is 13.5. The van der Waals surface area contributed by atoms with E-state index < -0.39 is 28.3 Å². The summed E-state index contributed by atoms with van der Waals surface area (Å²) in [5.74, 6) is -1.28. The van der Waals surface area contributed by atoms with Gasteiger partial charge >= 0.3 is 0 Å². The number of benzene rings is 4. The van der Waals surface area contributed by atoms with Crippen LogP contribution in [-0.2, 0) is 14.8 Å². The van der Waals surface area contributed by atoms with E-state index in [0.717, 1.165) is 32.8 Å². The molecule has 0 aromatic heterocycles. The Bertz CT molecular complexity index is 1500. The number of anilines is 1. The number of hydrogen-bond acceptors (Lipinski definition) is 5. The first-order chi connectivity index (χ1) is 16.8. The number of nitrogens with one attached hydrogen (secondary N) is 1. The molecule has 0 fully saturated rings. The number of nitrogens with zero attached hydrogens (tertiary/aromatic N) is 2. The van der Waals surface area contributed by atoms with Gasteiger partial charge in [0.05, 0.1) is 16.8 Å². The van der Waals surface area contributed by atoms with Crippen LogP contribution in [0.15, 0.2) is 94.9 Å². The van der Waals surface area contributed by atoms with Gasteiger partial charge in [-0.05, 0) is 60.2 Å². The Morgan fingerprint density at radius 1 is 1.00 bits per heavy atom. The van der Waals surface area contributed by atoms with Crippen molar-refractivity contribution in [2.24, 2.45) is 5.10 Å². The molecule has 0 atom stereocenters. The van der Waals surface area contributed by atoms with Gasteiger partial charge in [-0.15, -0.1) is 0 Å². The summed E-state index contributed by atoms with van der Waals surface area (Å²) in [5, 5.41) is 15.7. The zero-order valence-electron chi connectivity index (χ0n) is 18.7. The number of carbonyl (C=O) groups is 1.